The fraction of sp³-hybridized carbons (Fsp3) is 0.143. The largest absolute Gasteiger partial charge is 0.388 e. The molecule has 0 saturated carbocycles. The Bertz CT molecular complexity index is 790. The first-order chi connectivity index (χ1) is 12.1. The Labute approximate surface area is 161 Å². The smallest absolute Gasteiger partial charge is 0.0813 e. The molecule has 0 heterocycles. The van der Waals surface area contributed by atoms with Gasteiger partial charge in [-0.3, -0.25) is 0 Å². The highest BCUT2D eigenvalue weighted by molar-refractivity contribution is 9.10. The van der Waals surface area contributed by atoms with E-state index in [1.54, 1.807) is 12.1 Å². The third-order valence-electron chi connectivity index (χ3n) is 4.10. The Hall–Kier alpha value is -1.81. The SMILES string of the molecule is OC(CC(Nc1ccc(Br)cc1)c1ccccc1)c1ccc(Cl)cc1. The summed E-state index contributed by atoms with van der Waals surface area (Å²) in [6.07, 6.45) is -0.0211. The van der Waals surface area contributed by atoms with Crippen LogP contribution in [-0.4, -0.2) is 5.11 Å². The van der Waals surface area contributed by atoms with Gasteiger partial charge < -0.3 is 10.4 Å². The minimum atomic E-state index is -0.578. The number of halogens is 2. The summed E-state index contributed by atoms with van der Waals surface area (Å²) in [5, 5.41) is 14.9. The molecule has 2 N–H and O–H groups in total. The third-order valence-corrected chi connectivity index (χ3v) is 4.88. The highest BCUT2D eigenvalue weighted by Crippen LogP contribution is 2.30. The summed E-state index contributed by atoms with van der Waals surface area (Å²) in [5.74, 6) is 0. The summed E-state index contributed by atoms with van der Waals surface area (Å²) >= 11 is 9.39. The van der Waals surface area contributed by atoms with Crippen molar-refractivity contribution in [3.63, 3.8) is 0 Å². The second-order valence-electron chi connectivity index (χ2n) is 5.92. The minimum absolute atomic E-state index is 0.00643. The molecule has 25 heavy (non-hydrogen) atoms. The van der Waals surface area contributed by atoms with Crippen LogP contribution in [0.1, 0.15) is 29.7 Å². The molecule has 0 spiro atoms. The molecule has 3 rings (SSSR count). The van der Waals surface area contributed by atoms with E-state index in [1.165, 1.54) is 0 Å². The van der Waals surface area contributed by atoms with Crippen LogP contribution in [0.25, 0.3) is 0 Å². The number of aliphatic hydroxyl groups is 1. The van der Waals surface area contributed by atoms with Crippen LogP contribution in [0.15, 0.2) is 83.3 Å². The number of hydrogen-bond donors (Lipinski definition) is 2. The summed E-state index contributed by atoms with van der Waals surface area (Å²) in [5.41, 5.74) is 3.02. The Balaban J connectivity index is 1.81. The number of benzene rings is 3. The minimum Gasteiger partial charge on any atom is -0.388 e. The van der Waals surface area contributed by atoms with Gasteiger partial charge in [0.2, 0.25) is 0 Å². The predicted octanol–water partition coefficient (Wildman–Crippen LogP) is 6.38. The van der Waals surface area contributed by atoms with Gasteiger partial charge in [-0.1, -0.05) is 70.0 Å². The Kier molecular flexibility index (Phi) is 6.14. The molecule has 0 aromatic heterocycles. The van der Waals surface area contributed by atoms with Crippen LogP contribution >= 0.6 is 27.5 Å². The molecule has 0 aliphatic carbocycles. The normalized spacial score (nSPS) is 13.2. The lowest BCUT2D eigenvalue weighted by atomic mass is 9.96. The maximum absolute atomic E-state index is 10.7. The molecule has 4 heteroatoms. The molecule has 0 aliphatic rings. The van der Waals surface area contributed by atoms with Crippen molar-refractivity contribution in [3.05, 3.63) is 99.5 Å². The molecule has 0 aliphatic heterocycles. The first kappa shape index (κ1) is 18.0. The summed E-state index contributed by atoms with van der Waals surface area (Å²) in [6, 6.07) is 25.6. The third kappa shape index (κ3) is 5.08. The van der Waals surface area contributed by atoms with Crippen LogP contribution in [0.2, 0.25) is 5.02 Å². The second kappa shape index (κ2) is 8.52. The first-order valence-electron chi connectivity index (χ1n) is 8.12. The van der Waals surface area contributed by atoms with E-state index in [0.717, 1.165) is 21.3 Å². The van der Waals surface area contributed by atoms with Gasteiger partial charge in [0.1, 0.15) is 0 Å². The van der Waals surface area contributed by atoms with Crippen LogP contribution in [0.3, 0.4) is 0 Å². The van der Waals surface area contributed by atoms with Gasteiger partial charge in [-0.2, -0.15) is 0 Å². The van der Waals surface area contributed by atoms with Crippen LogP contribution < -0.4 is 5.32 Å². The highest BCUT2D eigenvalue weighted by atomic mass is 79.9. The predicted molar refractivity (Wildman–Crippen MR) is 108 cm³/mol. The van der Waals surface area contributed by atoms with E-state index in [2.05, 4.69) is 33.4 Å². The molecule has 0 saturated heterocycles. The van der Waals surface area contributed by atoms with Crippen LogP contribution in [0, 0.1) is 0 Å². The molecule has 3 aromatic carbocycles. The summed E-state index contributed by atoms with van der Waals surface area (Å²) in [6.45, 7) is 0. The van der Waals surface area contributed by atoms with Gasteiger partial charge in [0, 0.05) is 21.6 Å². The Morgan fingerprint density at radius 1 is 0.840 bits per heavy atom. The molecule has 3 aromatic rings. The van der Waals surface area contributed by atoms with Gasteiger partial charge in [0.05, 0.1) is 12.1 Å². The number of aliphatic hydroxyl groups excluding tert-OH is 1. The van der Waals surface area contributed by atoms with Crippen LogP contribution in [0.5, 0.6) is 0 Å². The highest BCUT2D eigenvalue weighted by Gasteiger charge is 2.18. The first-order valence-corrected chi connectivity index (χ1v) is 9.29. The Morgan fingerprint density at radius 3 is 2.12 bits per heavy atom. The average Bonchev–Trinajstić information content (AvgIpc) is 2.64. The van der Waals surface area contributed by atoms with Crippen molar-refractivity contribution in [1.82, 2.24) is 0 Å². The van der Waals surface area contributed by atoms with Crippen molar-refractivity contribution >= 4 is 33.2 Å². The lowest BCUT2D eigenvalue weighted by Crippen LogP contribution is -2.14. The quantitative estimate of drug-likeness (QED) is 0.488. The van der Waals surface area contributed by atoms with Crippen molar-refractivity contribution in [2.24, 2.45) is 0 Å². The van der Waals surface area contributed by atoms with E-state index in [9.17, 15) is 5.11 Å². The lowest BCUT2D eigenvalue weighted by Gasteiger charge is -2.23. The van der Waals surface area contributed by atoms with Crippen molar-refractivity contribution < 1.29 is 5.11 Å². The van der Waals surface area contributed by atoms with Gasteiger partial charge in [0.25, 0.3) is 0 Å². The van der Waals surface area contributed by atoms with Gasteiger partial charge >= 0.3 is 0 Å². The molecule has 0 amide bonds. The van der Waals surface area contributed by atoms with Gasteiger partial charge in [0.15, 0.2) is 0 Å². The van der Waals surface area contributed by atoms with E-state index in [-0.39, 0.29) is 6.04 Å². The lowest BCUT2D eigenvalue weighted by molar-refractivity contribution is 0.160. The zero-order valence-corrected chi connectivity index (χ0v) is 15.9. The molecule has 2 nitrogen and oxygen atoms in total. The van der Waals surface area contributed by atoms with Gasteiger partial charge in [-0.25, -0.2) is 0 Å². The molecule has 0 fully saturated rings. The number of hydrogen-bond acceptors (Lipinski definition) is 2. The van der Waals surface area contributed by atoms with E-state index in [0.29, 0.717) is 11.4 Å². The maximum Gasteiger partial charge on any atom is 0.0813 e. The average molecular weight is 417 g/mol. The number of rotatable bonds is 6. The number of anilines is 1. The summed E-state index contributed by atoms with van der Waals surface area (Å²) in [7, 11) is 0. The molecule has 0 bridgehead atoms. The molecule has 2 unspecified atom stereocenters. The van der Waals surface area contributed by atoms with Crippen molar-refractivity contribution in [3.8, 4) is 0 Å². The molecular formula is C21H19BrClNO. The molecular weight excluding hydrogens is 398 g/mol. The van der Waals surface area contributed by atoms with Crippen LogP contribution in [-0.2, 0) is 0 Å². The van der Waals surface area contributed by atoms with Gasteiger partial charge in [-0.05, 0) is 47.5 Å². The van der Waals surface area contributed by atoms with E-state index in [4.69, 9.17) is 11.6 Å². The molecule has 2 atom stereocenters. The van der Waals surface area contributed by atoms with Crippen molar-refractivity contribution in [1.29, 1.82) is 0 Å². The monoisotopic (exact) mass is 415 g/mol. The van der Waals surface area contributed by atoms with E-state index < -0.39 is 6.10 Å². The van der Waals surface area contributed by atoms with E-state index in [1.807, 2.05) is 54.6 Å². The summed E-state index contributed by atoms with van der Waals surface area (Å²) in [4.78, 5) is 0. The number of nitrogens with one attached hydrogen (secondary N) is 1. The van der Waals surface area contributed by atoms with Crippen molar-refractivity contribution in [2.45, 2.75) is 18.6 Å². The van der Waals surface area contributed by atoms with Crippen LogP contribution in [0.4, 0.5) is 5.69 Å². The summed E-state index contributed by atoms with van der Waals surface area (Å²) < 4.78 is 1.04. The topological polar surface area (TPSA) is 32.3 Å². The molecule has 0 radical (unpaired) electrons. The van der Waals surface area contributed by atoms with E-state index >= 15 is 0 Å². The fourth-order valence-electron chi connectivity index (χ4n) is 2.76. The fourth-order valence-corrected chi connectivity index (χ4v) is 3.15. The molecule has 128 valence electrons. The van der Waals surface area contributed by atoms with Crippen molar-refractivity contribution in [2.75, 3.05) is 5.32 Å². The van der Waals surface area contributed by atoms with Gasteiger partial charge in [-0.15, -0.1) is 0 Å². The zero-order valence-electron chi connectivity index (χ0n) is 13.6. The standard InChI is InChI=1S/C21H19BrClNO/c22-17-8-12-19(13-9-17)24-20(15-4-2-1-3-5-15)14-21(25)16-6-10-18(23)11-7-16/h1-13,20-21,24-25H,14H2. The zero-order chi connectivity index (χ0) is 17.6. The second-order valence-corrected chi connectivity index (χ2v) is 7.27. The maximum atomic E-state index is 10.7. The Morgan fingerprint density at radius 2 is 1.48 bits per heavy atom.